The summed E-state index contributed by atoms with van der Waals surface area (Å²) in [6.45, 7) is 7.18. The number of alkyl halides is 1. The second-order valence-corrected chi connectivity index (χ2v) is 4.43. The third-order valence-electron chi connectivity index (χ3n) is 2.92. The van der Waals surface area contributed by atoms with Crippen LogP contribution in [0, 0.1) is 5.41 Å². The first-order chi connectivity index (χ1) is 6.64. The summed E-state index contributed by atoms with van der Waals surface area (Å²) < 4.78 is 0. The van der Waals surface area contributed by atoms with Gasteiger partial charge in [0.2, 0.25) is 5.91 Å². The minimum Gasteiger partial charge on any atom is -0.356 e. The zero-order valence-electron chi connectivity index (χ0n) is 9.53. The van der Waals surface area contributed by atoms with Crippen LogP contribution in [0.1, 0.15) is 46.5 Å². The Hall–Kier alpha value is -0.0500. The van der Waals surface area contributed by atoms with E-state index in [0.29, 0.717) is 6.42 Å². The molecule has 0 aliphatic rings. The lowest BCUT2D eigenvalue weighted by Crippen LogP contribution is -2.38. The molecule has 0 aliphatic carbocycles. The first-order valence-electron chi connectivity index (χ1n) is 5.46. The van der Waals surface area contributed by atoms with Crippen LogP contribution in [0.25, 0.3) is 0 Å². The van der Waals surface area contributed by atoms with Crippen LogP contribution in [-0.2, 0) is 4.79 Å². The number of nitrogens with one attached hydrogen (secondary N) is 1. The fraction of sp³-hybridized carbons (Fsp3) is 0.909. The summed E-state index contributed by atoms with van der Waals surface area (Å²) in [5.41, 5.74) is 0.239. The largest absolute Gasteiger partial charge is 0.356 e. The molecule has 0 aromatic rings. The van der Waals surface area contributed by atoms with E-state index in [2.05, 4.69) is 35.1 Å². The van der Waals surface area contributed by atoms with Crippen molar-refractivity contribution in [3.05, 3.63) is 0 Å². The molecule has 0 unspecified atom stereocenters. The van der Waals surface area contributed by atoms with E-state index in [1.54, 1.807) is 0 Å². The van der Waals surface area contributed by atoms with Gasteiger partial charge in [-0.05, 0) is 24.7 Å². The summed E-state index contributed by atoms with van der Waals surface area (Å²) in [7, 11) is 0. The van der Waals surface area contributed by atoms with E-state index in [4.69, 9.17) is 0 Å². The van der Waals surface area contributed by atoms with Gasteiger partial charge in [0.15, 0.2) is 0 Å². The van der Waals surface area contributed by atoms with Crippen LogP contribution < -0.4 is 5.32 Å². The molecule has 0 fully saturated rings. The second kappa shape index (κ2) is 7.27. The highest BCUT2D eigenvalue weighted by atomic mass is 79.9. The van der Waals surface area contributed by atoms with E-state index in [9.17, 15) is 4.79 Å². The molecular formula is C11H22BrNO. The van der Waals surface area contributed by atoms with E-state index < -0.39 is 0 Å². The summed E-state index contributed by atoms with van der Waals surface area (Å²) in [4.78, 5) is 11.3. The molecule has 0 aliphatic heterocycles. The van der Waals surface area contributed by atoms with Crippen LogP contribution in [0.4, 0.5) is 0 Å². The molecule has 0 rings (SSSR count). The predicted molar refractivity (Wildman–Crippen MR) is 64.7 cm³/mol. The molecule has 1 N–H and O–H groups in total. The quantitative estimate of drug-likeness (QED) is 0.703. The van der Waals surface area contributed by atoms with E-state index in [-0.39, 0.29) is 11.3 Å². The van der Waals surface area contributed by atoms with Gasteiger partial charge in [-0.3, -0.25) is 4.79 Å². The lowest BCUT2D eigenvalue weighted by molar-refractivity contribution is -0.121. The van der Waals surface area contributed by atoms with Crippen molar-refractivity contribution in [2.45, 2.75) is 46.5 Å². The Morgan fingerprint density at radius 1 is 1.29 bits per heavy atom. The number of carbonyl (C=O) groups excluding carboxylic acids is 1. The summed E-state index contributed by atoms with van der Waals surface area (Å²) in [6, 6.07) is 0. The molecule has 0 aromatic heterocycles. The first kappa shape index (κ1) is 13.9. The Balaban J connectivity index is 3.99. The SMILES string of the molecule is CCCC(=O)NCC(CC)(CC)CBr. The minimum absolute atomic E-state index is 0.180. The lowest BCUT2D eigenvalue weighted by Gasteiger charge is -2.29. The molecule has 0 aromatic carbocycles. The molecule has 84 valence electrons. The summed E-state index contributed by atoms with van der Waals surface area (Å²) >= 11 is 3.53. The van der Waals surface area contributed by atoms with E-state index >= 15 is 0 Å². The summed E-state index contributed by atoms with van der Waals surface area (Å²) in [5, 5.41) is 3.97. The Morgan fingerprint density at radius 3 is 2.21 bits per heavy atom. The smallest absolute Gasteiger partial charge is 0.220 e. The van der Waals surface area contributed by atoms with Crippen LogP contribution in [0.3, 0.4) is 0 Å². The van der Waals surface area contributed by atoms with Crippen molar-refractivity contribution in [1.82, 2.24) is 5.32 Å². The normalized spacial score (nSPS) is 11.4. The van der Waals surface area contributed by atoms with Gasteiger partial charge in [0.1, 0.15) is 0 Å². The third kappa shape index (κ3) is 4.45. The number of carbonyl (C=O) groups is 1. The number of amides is 1. The average molecular weight is 264 g/mol. The molecule has 0 heterocycles. The number of hydrogen-bond acceptors (Lipinski definition) is 1. The number of rotatable bonds is 7. The van der Waals surface area contributed by atoms with Gasteiger partial charge < -0.3 is 5.32 Å². The van der Waals surface area contributed by atoms with Crippen LogP contribution in [0.15, 0.2) is 0 Å². The second-order valence-electron chi connectivity index (χ2n) is 3.87. The third-order valence-corrected chi connectivity index (χ3v) is 4.11. The van der Waals surface area contributed by atoms with Gasteiger partial charge in [-0.1, -0.05) is 36.7 Å². The molecule has 0 saturated carbocycles. The minimum atomic E-state index is 0.180. The van der Waals surface area contributed by atoms with Crippen molar-refractivity contribution in [2.75, 3.05) is 11.9 Å². The Labute approximate surface area is 96.0 Å². The zero-order valence-corrected chi connectivity index (χ0v) is 11.1. The molecule has 14 heavy (non-hydrogen) atoms. The molecule has 3 heteroatoms. The highest BCUT2D eigenvalue weighted by molar-refractivity contribution is 9.09. The average Bonchev–Trinajstić information content (AvgIpc) is 2.21. The molecule has 0 atom stereocenters. The van der Waals surface area contributed by atoms with Gasteiger partial charge >= 0.3 is 0 Å². The first-order valence-corrected chi connectivity index (χ1v) is 6.59. The van der Waals surface area contributed by atoms with Gasteiger partial charge in [0, 0.05) is 18.3 Å². The zero-order chi connectivity index (χ0) is 11.0. The van der Waals surface area contributed by atoms with E-state index in [1.165, 1.54) is 0 Å². The van der Waals surface area contributed by atoms with E-state index in [1.807, 2.05) is 6.92 Å². The van der Waals surface area contributed by atoms with Crippen LogP contribution in [0.5, 0.6) is 0 Å². The summed E-state index contributed by atoms with van der Waals surface area (Å²) in [5.74, 6) is 0.180. The van der Waals surface area contributed by atoms with Crippen molar-refractivity contribution in [3.8, 4) is 0 Å². The molecule has 0 saturated heterocycles. The van der Waals surface area contributed by atoms with Gasteiger partial charge in [-0.25, -0.2) is 0 Å². The molecular weight excluding hydrogens is 242 g/mol. The van der Waals surface area contributed by atoms with Gasteiger partial charge in [0.25, 0.3) is 0 Å². The maximum absolute atomic E-state index is 11.3. The summed E-state index contributed by atoms with van der Waals surface area (Å²) in [6.07, 6.45) is 3.76. The maximum Gasteiger partial charge on any atom is 0.220 e. The van der Waals surface area contributed by atoms with E-state index in [0.717, 1.165) is 31.1 Å². The van der Waals surface area contributed by atoms with Crippen molar-refractivity contribution >= 4 is 21.8 Å². The van der Waals surface area contributed by atoms with Crippen LogP contribution >= 0.6 is 15.9 Å². The highest BCUT2D eigenvalue weighted by Crippen LogP contribution is 2.27. The fourth-order valence-electron chi connectivity index (χ4n) is 1.34. The highest BCUT2D eigenvalue weighted by Gasteiger charge is 2.24. The Morgan fingerprint density at radius 2 is 1.86 bits per heavy atom. The van der Waals surface area contributed by atoms with Gasteiger partial charge in [0.05, 0.1) is 0 Å². The van der Waals surface area contributed by atoms with Crippen molar-refractivity contribution < 1.29 is 4.79 Å². The molecule has 0 radical (unpaired) electrons. The van der Waals surface area contributed by atoms with Crippen LogP contribution in [0.2, 0.25) is 0 Å². The molecule has 0 spiro atoms. The van der Waals surface area contributed by atoms with Gasteiger partial charge in [-0.15, -0.1) is 0 Å². The Bertz CT molecular complexity index is 158. The molecule has 2 nitrogen and oxygen atoms in total. The molecule has 0 bridgehead atoms. The van der Waals surface area contributed by atoms with Crippen molar-refractivity contribution in [2.24, 2.45) is 5.41 Å². The monoisotopic (exact) mass is 263 g/mol. The van der Waals surface area contributed by atoms with Crippen molar-refractivity contribution in [3.63, 3.8) is 0 Å². The lowest BCUT2D eigenvalue weighted by atomic mass is 9.84. The van der Waals surface area contributed by atoms with Crippen LogP contribution in [-0.4, -0.2) is 17.8 Å². The van der Waals surface area contributed by atoms with Gasteiger partial charge in [-0.2, -0.15) is 0 Å². The Kier molecular flexibility index (Phi) is 7.24. The fourth-order valence-corrected chi connectivity index (χ4v) is 2.33. The predicted octanol–water partition coefficient (Wildman–Crippen LogP) is 3.10. The van der Waals surface area contributed by atoms with Crippen molar-refractivity contribution in [1.29, 1.82) is 0 Å². The number of hydrogen-bond donors (Lipinski definition) is 1. The maximum atomic E-state index is 11.3. The number of halogens is 1. The topological polar surface area (TPSA) is 29.1 Å². The standard InChI is InChI=1S/C11H22BrNO/c1-4-7-10(14)13-9-11(5-2,6-3)8-12/h4-9H2,1-3H3,(H,13,14). The molecule has 1 amide bonds.